The molecule has 0 unspecified atom stereocenters. The van der Waals surface area contributed by atoms with E-state index in [0.29, 0.717) is 22.6 Å². The number of rotatable bonds is 6. The van der Waals surface area contributed by atoms with Gasteiger partial charge in [0.15, 0.2) is 12.2 Å². The van der Waals surface area contributed by atoms with Crippen LogP contribution in [0.5, 0.6) is 0 Å². The number of nitrogens with zero attached hydrogens (tertiary/aromatic N) is 3. The molecule has 10 heteroatoms. The lowest BCUT2D eigenvalue weighted by molar-refractivity contribution is 0.102. The van der Waals surface area contributed by atoms with Gasteiger partial charge in [0.1, 0.15) is 0 Å². The number of thiophene rings is 1. The highest BCUT2D eigenvalue weighted by molar-refractivity contribution is 7.17. The molecule has 0 saturated carbocycles. The number of halogens is 1. The van der Waals surface area contributed by atoms with Crippen LogP contribution in [0.25, 0.3) is 21.7 Å². The summed E-state index contributed by atoms with van der Waals surface area (Å²) in [6, 6.07) is 9.65. The van der Waals surface area contributed by atoms with E-state index in [9.17, 15) is 9.90 Å². The third-order valence-corrected chi connectivity index (χ3v) is 6.39. The molecule has 4 aromatic rings. The lowest BCUT2D eigenvalue weighted by Gasteiger charge is -2.15. The highest BCUT2D eigenvalue weighted by Gasteiger charge is 2.21. The van der Waals surface area contributed by atoms with Crippen LogP contribution in [0, 0.1) is 0 Å². The van der Waals surface area contributed by atoms with Crippen LogP contribution in [-0.2, 0) is 13.2 Å². The lowest BCUT2D eigenvalue weighted by Crippen LogP contribution is -2.28. The second-order valence-electron chi connectivity index (χ2n) is 7.30. The summed E-state index contributed by atoms with van der Waals surface area (Å²) >= 11 is 1.34. The number of amides is 1. The molecule has 1 fully saturated rings. The standard InChI is InChI=1S/C21H21N5O3S.ClH/c27-11-13-3-4-16-15(8-13)24-21(26(16)10-14-2-1-7-23-14)25-20(28)19-6-5-18(30-19)17-9-22-12-29-17;/h3-6,8-9,12,14,23,27H,1-2,7,10-11H2,(H,24,25,28);1H/t14-;/m1./s1. The third-order valence-electron chi connectivity index (χ3n) is 5.29. The highest BCUT2D eigenvalue weighted by atomic mass is 35.5. The van der Waals surface area contributed by atoms with E-state index in [2.05, 4.69) is 20.6 Å². The summed E-state index contributed by atoms with van der Waals surface area (Å²) < 4.78 is 7.35. The van der Waals surface area contributed by atoms with E-state index in [1.807, 2.05) is 28.8 Å². The minimum atomic E-state index is -0.218. The van der Waals surface area contributed by atoms with Gasteiger partial charge in [-0.3, -0.25) is 10.1 Å². The SMILES string of the molecule is Cl.O=C(Nc1nc2cc(CO)ccc2n1C[C@H]1CCCN1)c1ccc(-c2cnco2)s1. The maximum absolute atomic E-state index is 12.9. The van der Waals surface area contributed by atoms with Gasteiger partial charge >= 0.3 is 0 Å². The van der Waals surface area contributed by atoms with Crippen molar-refractivity contribution in [3.63, 3.8) is 0 Å². The van der Waals surface area contributed by atoms with Gasteiger partial charge in [0.2, 0.25) is 5.95 Å². The second kappa shape index (κ2) is 9.19. The average molecular weight is 460 g/mol. The van der Waals surface area contributed by atoms with Gasteiger partial charge in [-0.2, -0.15) is 0 Å². The number of imidazole rings is 1. The molecular weight excluding hydrogens is 438 g/mol. The molecule has 1 amide bonds. The molecule has 0 radical (unpaired) electrons. The molecule has 1 aliphatic rings. The van der Waals surface area contributed by atoms with Crippen molar-refractivity contribution in [2.45, 2.75) is 32.0 Å². The zero-order valence-corrected chi connectivity index (χ0v) is 18.2. The van der Waals surface area contributed by atoms with Crippen LogP contribution < -0.4 is 10.6 Å². The summed E-state index contributed by atoms with van der Waals surface area (Å²) in [6.45, 7) is 1.68. The van der Waals surface area contributed by atoms with E-state index in [0.717, 1.165) is 47.4 Å². The first-order valence-electron chi connectivity index (χ1n) is 9.85. The van der Waals surface area contributed by atoms with Crippen molar-refractivity contribution in [1.29, 1.82) is 0 Å². The number of nitrogens with one attached hydrogen (secondary N) is 2. The van der Waals surface area contributed by atoms with Crippen molar-refractivity contribution in [1.82, 2.24) is 19.9 Å². The minimum absolute atomic E-state index is 0. The summed E-state index contributed by atoms with van der Waals surface area (Å²) in [5.41, 5.74) is 2.48. The number of aliphatic hydroxyl groups is 1. The maximum Gasteiger partial charge on any atom is 0.268 e. The van der Waals surface area contributed by atoms with Crippen molar-refractivity contribution in [2.24, 2.45) is 0 Å². The Hall–Kier alpha value is -2.72. The van der Waals surface area contributed by atoms with Gasteiger partial charge in [-0.25, -0.2) is 9.97 Å². The van der Waals surface area contributed by atoms with Crippen LogP contribution >= 0.6 is 23.7 Å². The van der Waals surface area contributed by atoms with E-state index in [1.165, 1.54) is 17.7 Å². The Kier molecular flexibility index (Phi) is 6.38. The maximum atomic E-state index is 12.9. The van der Waals surface area contributed by atoms with Crippen molar-refractivity contribution in [3.8, 4) is 10.6 Å². The number of aliphatic hydroxyl groups excluding tert-OH is 1. The molecule has 1 aliphatic heterocycles. The van der Waals surface area contributed by atoms with Gasteiger partial charge in [-0.05, 0) is 49.2 Å². The zero-order valence-electron chi connectivity index (χ0n) is 16.6. The fraction of sp³-hybridized carbons (Fsp3) is 0.286. The predicted molar refractivity (Wildman–Crippen MR) is 122 cm³/mol. The monoisotopic (exact) mass is 459 g/mol. The summed E-state index contributed by atoms with van der Waals surface area (Å²) in [4.78, 5) is 22.9. The van der Waals surface area contributed by atoms with Gasteiger partial charge in [-0.1, -0.05) is 6.07 Å². The fourth-order valence-corrected chi connectivity index (χ4v) is 4.63. The molecule has 4 heterocycles. The van der Waals surface area contributed by atoms with E-state index in [-0.39, 0.29) is 24.9 Å². The first-order valence-corrected chi connectivity index (χ1v) is 10.7. The van der Waals surface area contributed by atoms with Crippen LogP contribution in [0.2, 0.25) is 0 Å². The first-order chi connectivity index (χ1) is 14.7. The van der Waals surface area contributed by atoms with Crippen molar-refractivity contribution >= 4 is 46.6 Å². The van der Waals surface area contributed by atoms with Gasteiger partial charge < -0.3 is 19.4 Å². The Balaban J connectivity index is 0.00000231. The first kappa shape index (κ1) is 21.5. The smallest absolute Gasteiger partial charge is 0.268 e. The molecule has 0 spiro atoms. The molecule has 5 rings (SSSR count). The van der Waals surface area contributed by atoms with E-state index >= 15 is 0 Å². The Morgan fingerprint density at radius 1 is 1.35 bits per heavy atom. The summed E-state index contributed by atoms with van der Waals surface area (Å²) in [7, 11) is 0. The quantitative estimate of drug-likeness (QED) is 0.406. The number of aromatic nitrogens is 3. The number of hydrogen-bond donors (Lipinski definition) is 3. The Morgan fingerprint density at radius 2 is 2.26 bits per heavy atom. The molecule has 1 atom stereocenters. The van der Waals surface area contributed by atoms with Crippen molar-refractivity contribution in [3.05, 3.63) is 53.4 Å². The van der Waals surface area contributed by atoms with E-state index in [1.54, 1.807) is 12.3 Å². The number of benzene rings is 1. The number of anilines is 1. The van der Waals surface area contributed by atoms with Gasteiger partial charge in [0.05, 0.1) is 33.6 Å². The van der Waals surface area contributed by atoms with Crippen molar-refractivity contribution < 1.29 is 14.3 Å². The number of carbonyl (C=O) groups excluding carboxylic acids is 1. The van der Waals surface area contributed by atoms with Gasteiger partial charge in [-0.15, -0.1) is 23.7 Å². The molecular formula is C21H22ClN5O3S. The molecule has 0 aliphatic carbocycles. The molecule has 162 valence electrons. The second-order valence-corrected chi connectivity index (χ2v) is 8.39. The predicted octanol–water partition coefficient (Wildman–Crippen LogP) is 3.67. The molecule has 0 bridgehead atoms. The number of hydrogen-bond acceptors (Lipinski definition) is 7. The third kappa shape index (κ3) is 4.35. The highest BCUT2D eigenvalue weighted by Crippen LogP contribution is 2.29. The molecule has 31 heavy (non-hydrogen) atoms. The fourth-order valence-electron chi connectivity index (χ4n) is 3.78. The van der Waals surface area contributed by atoms with Crippen LogP contribution in [0.1, 0.15) is 28.1 Å². The van der Waals surface area contributed by atoms with Crippen molar-refractivity contribution in [2.75, 3.05) is 11.9 Å². The summed E-state index contributed by atoms with van der Waals surface area (Å²) in [5.74, 6) is 0.924. The van der Waals surface area contributed by atoms with Crippen LogP contribution in [0.4, 0.5) is 5.95 Å². The number of oxazole rings is 1. The normalized spacial score (nSPS) is 15.8. The van der Waals surface area contributed by atoms with Crippen LogP contribution in [0.3, 0.4) is 0 Å². The Labute approximate surface area is 188 Å². The number of carbonyl (C=O) groups is 1. The topological polar surface area (TPSA) is 105 Å². The Bertz CT molecular complexity index is 1180. The summed E-state index contributed by atoms with van der Waals surface area (Å²) in [5, 5.41) is 15.9. The lowest BCUT2D eigenvalue weighted by atomic mass is 10.2. The molecule has 3 N–H and O–H groups in total. The largest absolute Gasteiger partial charge is 0.443 e. The molecule has 1 saturated heterocycles. The Morgan fingerprint density at radius 3 is 3.00 bits per heavy atom. The van der Waals surface area contributed by atoms with Crippen LogP contribution in [-0.4, -0.2) is 38.1 Å². The molecule has 3 aromatic heterocycles. The van der Waals surface area contributed by atoms with Gasteiger partial charge in [0, 0.05) is 12.6 Å². The van der Waals surface area contributed by atoms with Gasteiger partial charge in [0.25, 0.3) is 5.91 Å². The van der Waals surface area contributed by atoms with Crippen LogP contribution in [0.15, 0.2) is 47.3 Å². The van der Waals surface area contributed by atoms with E-state index in [4.69, 9.17) is 4.42 Å². The summed E-state index contributed by atoms with van der Waals surface area (Å²) in [6.07, 6.45) is 5.23. The number of fused-ring (bicyclic) bond motifs is 1. The molecule has 1 aromatic carbocycles. The molecule has 8 nitrogen and oxygen atoms in total. The minimum Gasteiger partial charge on any atom is -0.443 e. The zero-order chi connectivity index (χ0) is 20.5. The average Bonchev–Trinajstić information content (AvgIpc) is 3.55. The van der Waals surface area contributed by atoms with E-state index < -0.39 is 0 Å².